The second kappa shape index (κ2) is 4.92. The molecule has 0 aliphatic carbocycles. The Hall–Kier alpha value is -3.66. The molecule has 4 heteroatoms. The summed E-state index contributed by atoms with van der Waals surface area (Å²) in [5.41, 5.74) is 12.9. The Morgan fingerprint density at radius 3 is 1.81 bits per heavy atom. The number of hydrogen-bond acceptors (Lipinski definition) is 2. The molecular weight excluding hydrogens is 320 g/mol. The average Bonchev–Trinajstić information content (AvgIpc) is 2.64. The highest BCUT2D eigenvalue weighted by molar-refractivity contribution is 6.37. The largest absolute Gasteiger partial charge is 0.384 e. The van der Waals surface area contributed by atoms with Crippen LogP contribution in [0.15, 0.2) is 60.7 Å². The van der Waals surface area contributed by atoms with Crippen molar-refractivity contribution >= 4 is 54.8 Å². The molecule has 0 saturated carbocycles. The first-order valence-corrected chi connectivity index (χ1v) is 8.39. The highest BCUT2D eigenvalue weighted by Gasteiger charge is 2.20. The number of amidine groups is 2. The van der Waals surface area contributed by atoms with Crippen LogP contribution in [0.25, 0.3) is 43.1 Å². The molecule has 0 aliphatic heterocycles. The molecule has 0 saturated heterocycles. The third-order valence-electron chi connectivity index (χ3n) is 5.19. The van der Waals surface area contributed by atoms with E-state index in [2.05, 4.69) is 36.4 Å². The SMILES string of the molecule is N=C(N)c1cc2cccc3c4cccc5cccc(c(c1C(=N)N)c23)c54. The molecule has 5 aromatic carbocycles. The van der Waals surface area contributed by atoms with Gasteiger partial charge in [-0.3, -0.25) is 10.8 Å². The highest BCUT2D eigenvalue weighted by Crippen LogP contribution is 2.42. The molecule has 6 N–H and O–H groups in total. The quantitative estimate of drug-likeness (QED) is 0.167. The van der Waals surface area contributed by atoms with Crippen LogP contribution < -0.4 is 11.5 Å². The van der Waals surface area contributed by atoms with E-state index in [1.807, 2.05) is 24.3 Å². The maximum Gasteiger partial charge on any atom is 0.124 e. The summed E-state index contributed by atoms with van der Waals surface area (Å²) in [7, 11) is 0. The highest BCUT2D eigenvalue weighted by atomic mass is 14.7. The number of rotatable bonds is 2. The average molecular weight is 336 g/mol. The van der Waals surface area contributed by atoms with Gasteiger partial charge in [-0.05, 0) is 43.8 Å². The van der Waals surface area contributed by atoms with Gasteiger partial charge in [0, 0.05) is 16.5 Å². The molecule has 0 spiro atoms. The fraction of sp³-hybridized carbons (Fsp3) is 0. The van der Waals surface area contributed by atoms with Gasteiger partial charge in [-0.15, -0.1) is 0 Å². The molecule has 5 rings (SSSR count). The lowest BCUT2D eigenvalue weighted by Gasteiger charge is -2.19. The maximum absolute atomic E-state index is 8.18. The van der Waals surface area contributed by atoms with Crippen molar-refractivity contribution in [1.29, 1.82) is 10.8 Å². The Morgan fingerprint density at radius 2 is 1.19 bits per heavy atom. The van der Waals surface area contributed by atoms with Crippen LogP contribution in [0, 0.1) is 10.8 Å². The zero-order valence-corrected chi connectivity index (χ0v) is 13.9. The van der Waals surface area contributed by atoms with Gasteiger partial charge in [0.25, 0.3) is 0 Å². The predicted molar refractivity (Wildman–Crippen MR) is 110 cm³/mol. The Morgan fingerprint density at radius 1 is 0.615 bits per heavy atom. The molecule has 124 valence electrons. The van der Waals surface area contributed by atoms with Gasteiger partial charge in [0.2, 0.25) is 0 Å². The summed E-state index contributed by atoms with van der Waals surface area (Å²) in [6.45, 7) is 0. The molecule has 0 amide bonds. The fourth-order valence-electron chi connectivity index (χ4n) is 4.22. The topological polar surface area (TPSA) is 99.7 Å². The summed E-state index contributed by atoms with van der Waals surface area (Å²) in [5, 5.41) is 24.8. The zero-order valence-electron chi connectivity index (χ0n) is 13.9. The fourth-order valence-corrected chi connectivity index (χ4v) is 4.22. The smallest absolute Gasteiger partial charge is 0.124 e. The lowest BCUT2D eigenvalue weighted by molar-refractivity contribution is 1.40. The number of nitrogens with two attached hydrogens (primary N) is 2. The standard InChI is InChI=1S/C22H16N4/c23-21(24)16-10-12-6-3-8-14-13-7-1-4-11-5-2-9-15(17(11)13)19(18(12)14)20(16)22(25)26/h1-10H,(H3,23,24)(H3,25,26). The maximum atomic E-state index is 8.18. The first kappa shape index (κ1) is 14.7. The summed E-state index contributed by atoms with van der Waals surface area (Å²) >= 11 is 0. The first-order valence-electron chi connectivity index (χ1n) is 8.39. The molecule has 0 heterocycles. The van der Waals surface area contributed by atoms with Crippen molar-refractivity contribution in [2.45, 2.75) is 0 Å². The van der Waals surface area contributed by atoms with Gasteiger partial charge >= 0.3 is 0 Å². The van der Waals surface area contributed by atoms with Crippen LogP contribution in [-0.4, -0.2) is 11.7 Å². The molecule has 0 atom stereocenters. The van der Waals surface area contributed by atoms with Crippen LogP contribution in [0.2, 0.25) is 0 Å². The molecule has 5 aromatic rings. The Bertz CT molecular complexity index is 1380. The minimum atomic E-state index is -0.0789. The van der Waals surface area contributed by atoms with E-state index in [4.69, 9.17) is 22.3 Å². The summed E-state index contributed by atoms with van der Waals surface area (Å²) in [6, 6.07) is 20.5. The van der Waals surface area contributed by atoms with Crippen LogP contribution in [0.4, 0.5) is 0 Å². The summed E-state index contributed by atoms with van der Waals surface area (Å²) in [5.74, 6) is -0.150. The Balaban J connectivity index is 2.26. The monoisotopic (exact) mass is 336 g/mol. The minimum absolute atomic E-state index is 0.0710. The molecule has 4 nitrogen and oxygen atoms in total. The normalized spacial score (nSPS) is 11.7. The van der Waals surface area contributed by atoms with Gasteiger partial charge in [0.1, 0.15) is 11.7 Å². The van der Waals surface area contributed by atoms with Crippen molar-refractivity contribution in [3.05, 3.63) is 71.8 Å². The molecule has 0 unspecified atom stereocenters. The van der Waals surface area contributed by atoms with E-state index in [1.54, 1.807) is 0 Å². The zero-order chi connectivity index (χ0) is 18.0. The van der Waals surface area contributed by atoms with E-state index in [0.717, 1.165) is 37.7 Å². The number of hydrogen-bond donors (Lipinski definition) is 4. The van der Waals surface area contributed by atoms with Gasteiger partial charge in [0.05, 0.1) is 0 Å². The van der Waals surface area contributed by atoms with E-state index in [-0.39, 0.29) is 11.7 Å². The number of nitrogens with one attached hydrogen (secondary N) is 2. The van der Waals surface area contributed by atoms with E-state index in [1.165, 1.54) is 5.39 Å². The molecule has 0 aromatic heterocycles. The number of benzene rings is 5. The van der Waals surface area contributed by atoms with Gasteiger partial charge in [-0.2, -0.15) is 0 Å². The second-order valence-corrected chi connectivity index (χ2v) is 6.61. The Kier molecular flexibility index (Phi) is 2.78. The van der Waals surface area contributed by atoms with Crippen molar-refractivity contribution in [3.8, 4) is 0 Å². The van der Waals surface area contributed by atoms with Gasteiger partial charge in [-0.25, -0.2) is 0 Å². The van der Waals surface area contributed by atoms with Gasteiger partial charge in [0.15, 0.2) is 0 Å². The lowest BCUT2D eigenvalue weighted by Crippen LogP contribution is -2.21. The summed E-state index contributed by atoms with van der Waals surface area (Å²) < 4.78 is 0. The van der Waals surface area contributed by atoms with Gasteiger partial charge in [-0.1, -0.05) is 54.6 Å². The summed E-state index contributed by atoms with van der Waals surface area (Å²) in [4.78, 5) is 0. The number of fused-ring (bicyclic) bond motifs is 2. The summed E-state index contributed by atoms with van der Waals surface area (Å²) in [6.07, 6.45) is 0. The van der Waals surface area contributed by atoms with Crippen molar-refractivity contribution in [2.24, 2.45) is 11.5 Å². The molecule has 26 heavy (non-hydrogen) atoms. The van der Waals surface area contributed by atoms with E-state index < -0.39 is 0 Å². The van der Waals surface area contributed by atoms with Gasteiger partial charge < -0.3 is 11.5 Å². The van der Waals surface area contributed by atoms with E-state index in [9.17, 15) is 0 Å². The van der Waals surface area contributed by atoms with Crippen LogP contribution >= 0.6 is 0 Å². The van der Waals surface area contributed by atoms with Crippen LogP contribution in [0.1, 0.15) is 11.1 Å². The van der Waals surface area contributed by atoms with Crippen molar-refractivity contribution in [3.63, 3.8) is 0 Å². The Labute approximate surface area is 149 Å². The van der Waals surface area contributed by atoms with E-state index in [0.29, 0.717) is 11.1 Å². The van der Waals surface area contributed by atoms with Crippen LogP contribution in [0.3, 0.4) is 0 Å². The van der Waals surface area contributed by atoms with Crippen LogP contribution in [-0.2, 0) is 0 Å². The third kappa shape index (κ3) is 1.73. The lowest BCUT2D eigenvalue weighted by atomic mass is 9.85. The molecule has 0 bridgehead atoms. The second-order valence-electron chi connectivity index (χ2n) is 6.61. The molecular formula is C22H16N4. The molecule has 0 radical (unpaired) electrons. The van der Waals surface area contributed by atoms with Crippen LogP contribution in [0.5, 0.6) is 0 Å². The third-order valence-corrected chi connectivity index (χ3v) is 5.19. The predicted octanol–water partition coefficient (Wildman–Crippen LogP) is 4.31. The van der Waals surface area contributed by atoms with Crippen molar-refractivity contribution in [1.82, 2.24) is 0 Å². The molecule has 0 fully saturated rings. The molecule has 0 aliphatic rings. The van der Waals surface area contributed by atoms with Crippen molar-refractivity contribution < 1.29 is 0 Å². The van der Waals surface area contributed by atoms with Crippen molar-refractivity contribution in [2.75, 3.05) is 0 Å². The minimum Gasteiger partial charge on any atom is -0.384 e. The van der Waals surface area contributed by atoms with E-state index >= 15 is 0 Å². The number of nitrogen functional groups attached to an aromatic ring is 2. The first-order chi connectivity index (χ1) is 12.6.